The number of ether oxygens (including phenoxy) is 1. The molecule has 0 aromatic carbocycles. The lowest BCUT2D eigenvalue weighted by atomic mass is 10.1. The van der Waals surface area contributed by atoms with E-state index in [1.54, 1.807) is 0 Å². The molecule has 1 unspecified atom stereocenters. The highest BCUT2D eigenvalue weighted by Gasteiger charge is 2.35. The lowest BCUT2D eigenvalue weighted by Gasteiger charge is -2.35. The molecule has 4 heteroatoms. The Hall–Kier alpha value is -0.640. The Morgan fingerprint density at radius 2 is 2.25 bits per heavy atom. The summed E-state index contributed by atoms with van der Waals surface area (Å²) in [5, 5.41) is 0. The van der Waals surface area contributed by atoms with Crippen molar-refractivity contribution in [3.8, 4) is 0 Å². The van der Waals surface area contributed by atoms with Crippen molar-refractivity contribution in [2.45, 2.75) is 25.1 Å². The maximum Gasteiger partial charge on any atom is 0.251 e. The Balaban J connectivity index is 1.83. The first-order valence-corrected chi connectivity index (χ1v) is 4.32. The fourth-order valence-electron chi connectivity index (χ4n) is 1.58. The fraction of sp³-hybridized carbons (Fsp3) is 0.875. The zero-order valence-electron chi connectivity index (χ0n) is 6.83. The number of alkyl halides is 1. The second-order valence-corrected chi connectivity index (χ2v) is 3.34. The lowest BCUT2D eigenvalue weighted by molar-refractivity contribution is -0.148. The molecule has 3 nitrogen and oxygen atoms in total. The summed E-state index contributed by atoms with van der Waals surface area (Å²) in [5.41, 5.74) is 0. The minimum atomic E-state index is -0.810. The highest BCUT2D eigenvalue weighted by molar-refractivity contribution is 5.82. The van der Waals surface area contributed by atoms with Crippen LogP contribution in [-0.2, 0) is 9.53 Å². The largest absolute Gasteiger partial charge is 0.368 e. The summed E-state index contributed by atoms with van der Waals surface area (Å²) >= 11 is 0. The van der Waals surface area contributed by atoms with Crippen LogP contribution in [0.5, 0.6) is 0 Å². The summed E-state index contributed by atoms with van der Waals surface area (Å²) in [7, 11) is 0. The maximum atomic E-state index is 12.4. The SMILES string of the molecule is O=C(C1CCCO1)N1CC(F)C1. The van der Waals surface area contributed by atoms with Crippen molar-refractivity contribution < 1.29 is 13.9 Å². The Labute approximate surface area is 70.5 Å². The summed E-state index contributed by atoms with van der Waals surface area (Å²) in [4.78, 5) is 12.9. The molecular weight excluding hydrogens is 161 g/mol. The van der Waals surface area contributed by atoms with E-state index in [0.717, 1.165) is 12.8 Å². The predicted octanol–water partition coefficient (Wildman–Crippen LogP) is 0.346. The van der Waals surface area contributed by atoms with E-state index in [0.29, 0.717) is 6.61 Å². The van der Waals surface area contributed by atoms with Gasteiger partial charge in [0.05, 0.1) is 13.1 Å². The van der Waals surface area contributed by atoms with Crippen LogP contribution in [0.2, 0.25) is 0 Å². The van der Waals surface area contributed by atoms with Crippen LogP contribution in [-0.4, -0.2) is 42.8 Å². The van der Waals surface area contributed by atoms with Gasteiger partial charge in [0.15, 0.2) is 0 Å². The molecule has 0 bridgehead atoms. The van der Waals surface area contributed by atoms with Gasteiger partial charge in [-0.3, -0.25) is 4.79 Å². The molecule has 0 aromatic rings. The molecule has 1 amide bonds. The molecule has 0 spiro atoms. The van der Waals surface area contributed by atoms with Crippen LogP contribution in [0, 0.1) is 0 Å². The van der Waals surface area contributed by atoms with Gasteiger partial charge < -0.3 is 9.64 Å². The average molecular weight is 173 g/mol. The van der Waals surface area contributed by atoms with E-state index in [4.69, 9.17) is 4.74 Å². The quantitative estimate of drug-likeness (QED) is 0.572. The number of halogens is 1. The average Bonchev–Trinajstić information content (AvgIpc) is 2.49. The Bertz CT molecular complexity index is 185. The molecule has 2 aliphatic heterocycles. The first-order chi connectivity index (χ1) is 5.77. The molecule has 2 heterocycles. The Morgan fingerprint density at radius 1 is 1.50 bits per heavy atom. The molecule has 2 aliphatic rings. The number of nitrogens with zero attached hydrogens (tertiary/aromatic N) is 1. The third-order valence-corrected chi connectivity index (χ3v) is 2.35. The number of carbonyl (C=O) groups excluding carboxylic acids is 1. The third kappa shape index (κ3) is 1.31. The van der Waals surface area contributed by atoms with Crippen molar-refractivity contribution in [3.63, 3.8) is 0 Å². The van der Waals surface area contributed by atoms with E-state index in [9.17, 15) is 9.18 Å². The zero-order chi connectivity index (χ0) is 8.55. The Kier molecular flexibility index (Phi) is 2.00. The van der Waals surface area contributed by atoms with E-state index in [-0.39, 0.29) is 25.1 Å². The number of hydrogen-bond donors (Lipinski definition) is 0. The van der Waals surface area contributed by atoms with Gasteiger partial charge in [0, 0.05) is 6.61 Å². The normalized spacial score (nSPS) is 30.4. The van der Waals surface area contributed by atoms with E-state index in [1.165, 1.54) is 4.90 Å². The van der Waals surface area contributed by atoms with Crippen molar-refractivity contribution in [1.82, 2.24) is 4.90 Å². The van der Waals surface area contributed by atoms with Crippen LogP contribution in [0.4, 0.5) is 4.39 Å². The number of amides is 1. The van der Waals surface area contributed by atoms with Gasteiger partial charge in [-0.1, -0.05) is 0 Å². The smallest absolute Gasteiger partial charge is 0.251 e. The van der Waals surface area contributed by atoms with Crippen LogP contribution < -0.4 is 0 Å². The van der Waals surface area contributed by atoms with E-state index < -0.39 is 6.17 Å². The predicted molar refractivity (Wildman–Crippen MR) is 40.5 cm³/mol. The first-order valence-electron chi connectivity index (χ1n) is 4.32. The molecule has 0 N–H and O–H groups in total. The molecule has 68 valence electrons. The van der Waals surface area contributed by atoms with Crippen molar-refractivity contribution in [3.05, 3.63) is 0 Å². The van der Waals surface area contributed by atoms with Crippen LogP contribution in [0.3, 0.4) is 0 Å². The summed E-state index contributed by atoms with van der Waals surface area (Å²) < 4.78 is 17.6. The second kappa shape index (κ2) is 3.01. The third-order valence-electron chi connectivity index (χ3n) is 2.35. The van der Waals surface area contributed by atoms with E-state index >= 15 is 0 Å². The molecule has 12 heavy (non-hydrogen) atoms. The molecule has 1 atom stereocenters. The lowest BCUT2D eigenvalue weighted by Crippen LogP contribution is -2.54. The van der Waals surface area contributed by atoms with Gasteiger partial charge >= 0.3 is 0 Å². The van der Waals surface area contributed by atoms with Gasteiger partial charge in [0.2, 0.25) is 0 Å². The highest BCUT2D eigenvalue weighted by atomic mass is 19.1. The summed E-state index contributed by atoms with van der Waals surface area (Å²) in [5.74, 6) is -0.0265. The van der Waals surface area contributed by atoms with Gasteiger partial charge in [-0.05, 0) is 12.8 Å². The molecule has 2 rings (SSSR count). The highest BCUT2D eigenvalue weighted by Crippen LogP contribution is 2.19. The van der Waals surface area contributed by atoms with Crippen LogP contribution in [0.25, 0.3) is 0 Å². The topological polar surface area (TPSA) is 29.5 Å². The molecule has 0 aliphatic carbocycles. The van der Waals surface area contributed by atoms with Crippen molar-refractivity contribution in [1.29, 1.82) is 0 Å². The van der Waals surface area contributed by atoms with E-state index in [2.05, 4.69) is 0 Å². The van der Waals surface area contributed by atoms with Gasteiger partial charge in [-0.25, -0.2) is 4.39 Å². The van der Waals surface area contributed by atoms with Crippen LogP contribution >= 0.6 is 0 Å². The standard InChI is InChI=1S/C8H12FNO2/c9-6-4-10(5-6)8(11)7-2-1-3-12-7/h6-7H,1-5H2. The van der Waals surface area contributed by atoms with Crippen molar-refractivity contribution in [2.75, 3.05) is 19.7 Å². The van der Waals surface area contributed by atoms with Gasteiger partial charge in [-0.15, -0.1) is 0 Å². The monoisotopic (exact) mass is 173 g/mol. The minimum absolute atomic E-state index is 0.0265. The van der Waals surface area contributed by atoms with Crippen molar-refractivity contribution >= 4 is 5.91 Å². The molecule has 2 saturated heterocycles. The maximum absolute atomic E-state index is 12.4. The van der Waals surface area contributed by atoms with E-state index in [1.807, 2.05) is 0 Å². The number of rotatable bonds is 1. The summed E-state index contributed by atoms with van der Waals surface area (Å²) in [6.07, 6.45) is 0.656. The zero-order valence-corrected chi connectivity index (χ0v) is 6.83. The van der Waals surface area contributed by atoms with Crippen LogP contribution in [0.15, 0.2) is 0 Å². The summed E-state index contributed by atoms with van der Waals surface area (Å²) in [6, 6.07) is 0. The van der Waals surface area contributed by atoms with Crippen LogP contribution in [0.1, 0.15) is 12.8 Å². The molecule has 0 radical (unpaired) electrons. The minimum Gasteiger partial charge on any atom is -0.368 e. The van der Waals surface area contributed by atoms with Gasteiger partial charge in [0.1, 0.15) is 12.3 Å². The number of carbonyl (C=O) groups is 1. The molecule has 2 fully saturated rings. The molecular formula is C8H12FNO2. The fourth-order valence-corrected chi connectivity index (χ4v) is 1.58. The van der Waals surface area contributed by atoms with Gasteiger partial charge in [0.25, 0.3) is 5.91 Å². The number of likely N-dealkylation sites (tertiary alicyclic amines) is 1. The summed E-state index contributed by atoms with van der Waals surface area (Å²) in [6.45, 7) is 1.20. The Morgan fingerprint density at radius 3 is 2.75 bits per heavy atom. The second-order valence-electron chi connectivity index (χ2n) is 3.34. The van der Waals surface area contributed by atoms with Gasteiger partial charge in [-0.2, -0.15) is 0 Å². The van der Waals surface area contributed by atoms with Crippen molar-refractivity contribution in [2.24, 2.45) is 0 Å². The number of hydrogen-bond acceptors (Lipinski definition) is 2. The first kappa shape index (κ1) is 7.98. The molecule has 0 saturated carbocycles. The molecule has 0 aromatic heterocycles.